The van der Waals surface area contributed by atoms with Crippen molar-refractivity contribution >= 4 is 53.6 Å². The molecule has 0 atom stereocenters. The first kappa shape index (κ1) is 32.1. The van der Waals surface area contributed by atoms with Crippen molar-refractivity contribution < 1.29 is 4.42 Å². The van der Waals surface area contributed by atoms with E-state index in [0.29, 0.717) is 23.3 Å². The molecule has 56 heavy (non-hydrogen) atoms. The van der Waals surface area contributed by atoms with Crippen LogP contribution in [0.25, 0.3) is 110 Å². The highest BCUT2D eigenvalue weighted by atomic mass is 32.1. The van der Waals surface area contributed by atoms with Crippen LogP contribution in [0, 0.1) is 0 Å². The summed E-state index contributed by atoms with van der Waals surface area (Å²) >= 11 is 1.71. The third-order valence-corrected chi connectivity index (χ3v) is 11.4. The fourth-order valence-electron chi connectivity index (χ4n) is 7.52. The Morgan fingerprint density at radius 3 is 1.50 bits per heavy atom. The molecule has 0 aliphatic carbocycles. The summed E-state index contributed by atoms with van der Waals surface area (Å²) in [6.45, 7) is 0. The van der Waals surface area contributed by atoms with E-state index in [1.54, 1.807) is 11.3 Å². The summed E-state index contributed by atoms with van der Waals surface area (Å²) in [6.07, 6.45) is 0. The lowest BCUT2D eigenvalue weighted by atomic mass is 9.99. The molecule has 0 unspecified atom stereocenters. The molecule has 262 valence electrons. The zero-order valence-corrected chi connectivity index (χ0v) is 30.6. The van der Waals surface area contributed by atoms with Gasteiger partial charge in [-0.15, -0.1) is 11.3 Å². The summed E-state index contributed by atoms with van der Waals surface area (Å²) in [6, 6.07) is 59.7. The summed E-state index contributed by atoms with van der Waals surface area (Å²) in [5.74, 6) is 2.42. The van der Waals surface area contributed by atoms with Crippen molar-refractivity contribution in [1.82, 2.24) is 24.9 Å². The molecule has 0 aliphatic rings. The van der Waals surface area contributed by atoms with Crippen LogP contribution in [0.3, 0.4) is 0 Å². The lowest BCUT2D eigenvalue weighted by Gasteiger charge is -2.11. The van der Waals surface area contributed by atoms with E-state index in [0.717, 1.165) is 86.9 Å². The van der Waals surface area contributed by atoms with Gasteiger partial charge in [-0.25, -0.2) is 24.9 Å². The van der Waals surface area contributed by atoms with Gasteiger partial charge in [0, 0.05) is 48.7 Å². The zero-order valence-electron chi connectivity index (χ0n) is 29.8. The van der Waals surface area contributed by atoms with Gasteiger partial charge in [-0.1, -0.05) is 158 Å². The molecule has 0 saturated heterocycles. The quantitative estimate of drug-likeness (QED) is 0.169. The Morgan fingerprint density at radius 1 is 0.357 bits per heavy atom. The number of furan rings is 1. The number of rotatable bonds is 6. The summed E-state index contributed by atoms with van der Waals surface area (Å²) in [5.41, 5.74) is 10.1. The smallest absolute Gasteiger partial charge is 0.164 e. The fourth-order valence-corrected chi connectivity index (χ4v) is 8.67. The number of hydrogen-bond donors (Lipinski definition) is 0. The van der Waals surface area contributed by atoms with E-state index in [4.69, 9.17) is 29.3 Å². The van der Waals surface area contributed by atoms with E-state index in [9.17, 15) is 0 Å². The Hall–Kier alpha value is -7.35. The molecule has 4 heterocycles. The van der Waals surface area contributed by atoms with E-state index >= 15 is 0 Å². The third kappa shape index (κ3) is 5.44. The Bertz CT molecular complexity index is 3230. The molecular weight excluding hydrogens is 707 g/mol. The van der Waals surface area contributed by atoms with Crippen LogP contribution >= 0.6 is 11.3 Å². The number of thiophene rings is 1. The number of nitrogens with zero attached hydrogens (tertiary/aromatic N) is 5. The van der Waals surface area contributed by atoms with Crippen LogP contribution in [0.2, 0.25) is 0 Å². The van der Waals surface area contributed by atoms with Crippen LogP contribution in [-0.2, 0) is 0 Å². The van der Waals surface area contributed by atoms with Gasteiger partial charge in [-0.2, -0.15) is 0 Å². The highest BCUT2D eigenvalue weighted by molar-refractivity contribution is 7.26. The van der Waals surface area contributed by atoms with Gasteiger partial charge in [0.1, 0.15) is 11.2 Å². The molecule has 0 aliphatic heterocycles. The number of fused-ring (bicyclic) bond motifs is 6. The maximum absolute atomic E-state index is 6.64. The lowest BCUT2D eigenvalue weighted by molar-refractivity contribution is 0.669. The maximum Gasteiger partial charge on any atom is 0.164 e. The average molecular weight is 736 g/mol. The number of hydrogen-bond acceptors (Lipinski definition) is 7. The Labute approximate surface area is 325 Å². The van der Waals surface area contributed by atoms with Crippen LogP contribution < -0.4 is 0 Å². The fraction of sp³-hybridized carbons (Fsp3) is 0. The summed E-state index contributed by atoms with van der Waals surface area (Å²) in [7, 11) is 0. The molecule has 6 nitrogen and oxygen atoms in total. The van der Waals surface area contributed by atoms with Crippen LogP contribution in [0.5, 0.6) is 0 Å². The van der Waals surface area contributed by atoms with Gasteiger partial charge in [0.15, 0.2) is 23.3 Å². The standard InChI is InChI=1S/C49H29N5OS/c1-4-14-30(15-5-1)31-26-28-34(29-27-31)48-52-47(33-18-8-3-9-19-33)53-49(54-48)37-22-13-24-39-42(37)41-36(21-12-23-38(41)55-39)44-45-43(35-20-10-11-25-40(35)56-45)50-46(51-44)32-16-6-2-7-17-32/h1-29H. The van der Waals surface area contributed by atoms with Crippen LogP contribution in [0.4, 0.5) is 0 Å². The minimum absolute atomic E-state index is 0.559. The second kappa shape index (κ2) is 13.2. The van der Waals surface area contributed by atoms with Gasteiger partial charge >= 0.3 is 0 Å². The number of benzene rings is 7. The molecule has 0 saturated carbocycles. The second-order valence-electron chi connectivity index (χ2n) is 13.6. The maximum atomic E-state index is 6.64. The Kier molecular flexibility index (Phi) is 7.57. The first-order chi connectivity index (χ1) is 27.7. The van der Waals surface area contributed by atoms with Gasteiger partial charge in [-0.3, -0.25) is 0 Å². The molecule has 7 aromatic carbocycles. The van der Waals surface area contributed by atoms with Crippen molar-refractivity contribution in [1.29, 1.82) is 0 Å². The molecule has 0 bridgehead atoms. The highest BCUT2D eigenvalue weighted by Crippen LogP contribution is 2.45. The summed E-state index contributed by atoms with van der Waals surface area (Å²) in [4.78, 5) is 25.9. The monoisotopic (exact) mass is 735 g/mol. The molecule has 0 radical (unpaired) electrons. The molecule has 4 aromatic heterocycles. The van der Waals surface area contributed by atoms with Crippen molar-refractivity contribution in [3.05, 3.63) is 176 Å². The largest absolute Gasteiger partial charge is 0.456 e. The molecule has 0 amide bonds. The normalized spacial score (nSPS) is 11.6. The molecule has 0 fully saturated rings. The van der Waals surface area contributed by atoms with Gasteiger partial charge in [0.05, 0.1) is 15.9 Å². The van der Waals surface area contributed by atoms with Gasteiger partial charge in [0.25, 0.3) is 0 Å². The minimum atomic E-state index is 0.559. The lowest BCUT2D eigenvalue weighted by Crippen LogP contribution is -2.00. The van der Waals surface area contributed by atoms with Crippen LogP contribution in [-0.4, -0.2) is 24.9 Å². The minimum Gasteiger partial charge on any atom is -0.456 e. The topological polar surface area (TPSA) is 77.6 Å². The first-order valence-corrected chi connectivity index (χ1v) is 19.2. The highest BCUT2D eigenvalue weighted by Gasteiger charge is 2.23. The van der Waals surface area contributed by atoms with Crippen LogP contribution in [0.1, 0.15) is 0 Å². The van der Waals surface area contributed by atoms with Crippen molar-refractivity contribution in [3.63, 3.8) is 0 Å². The second-order valence-corrected chi connectivity index (χ2v) is 14.7. The van der Waals surface area contributed by atoms with Crippen molar-refractivity contribution in [2.75, 3.05) is 0 Å². The molecule has 11 aromatic rings. The predicted molar refractivity (Wildman–Crippen MR) is 228 cm³/mol. The van der Waals surface area contributed by atoms with E-state index in [1.807, 2.05) is 78.9 Å². The molecule has 0 N–H and O–H groups in total. The Balaban J connectivity index is 1.16. The van der Waals surface area contributed by atoms with E-state index in [-0.39, 0.29) is 0 Å². The SMILES string of the molecule is c1ccc(-c2ccc(-c3nc(-c4ccccc4)nc(-c4cccc5oc6cccc(-c7nc(-c8ccccc8)nc8c7sc7ccccc78)c6c45)n3)cc2)cc1. The van der Waals surface area contributed by atoms with Crippen molar-refractivity contribution in [2.24, 2.45) is 0 Å². The third-order valence-electron chi connectivity index (χ3n) is 10.2. The van der Waals surface area contributed by atoms with Crippen molar-refractivity contribution in [2.45, 2.75) is 0 Å². The number of aromatic nitrogens is 5. The van der Waals surface area contributed by atoms with Gasteiger partial charge in [-0.05, 0) is 29.3 Å². The van der Waals surface area contributed by atoms with Gasteiger partial charge in [0.2, 0.25) is 0 Å². The summed E-state index contributed by atoms with van der Waals surface area (Å²) in [5, 5.41) is 2.98. The average Bonchev–Trinajstić information content (AvgIpc) is 3.86. The summed E-state index contributed by atoms with van der Waals surface area (Å²) < 4.78 is 8.83. The molecule has 7 heteroatoms. The van der Waals surface area contributed by atoms with Crippen molar-refractivity contribution in [3.8, 4) is 67.9 Å². The molecule has 11 rings (SSSR count). The van der Waals surface area contributed by atoms with Gasteiger partial charge < -0.3 is 4.42 Å². The Morgan fingerprint density at radius 2 is 0.839 bits per heavy atom. The molecule has 0 spiro atoms. The molecular formula is C49H29N5OS. The first-order valence-electron chi connectivity index (χ1n) is 18.4. The predicted octanol–water partition coefficient (Wildman–Crippen LogP) is 12.9. The van der Waals surface area contributed by atoms with Crippen LogP contribution in [0.15, 0.2) is 180 Å². The van der Waals surface area contributed by atoms with E-state index in [1.165, 1.54) is 0 Å². The van der Waals surface area contributed by atoms with E-state index in [2.05, 4.69) is 97.1 Å². The zero-order chi connectivity index (χ0) is 37.0. The van der Waals surface area contributed by atoms with E-state index < -0.39 is 0 Å².